The molecule has 0 unspecified atom stereocenters. The monoisotopic (exact) mass is 513 g/mol. The molecule has 0 spiro atoms. The molecular formula is C23H17Br2NO3. The van der Waals surface area contributed by atoms with Gasteiger partial charge in [0.25, 0.3) is 5.91 Å². The molecule has 0 heterocycles. The molecule has 0 aromatic heterocycles. The fraction of sp³-hybridized carbons (Fsp3) is 0.130. The van der Waals surface area contributed by atoms with E-state index in [-0.39, 0.29) is 11.8 Å². The van der Waals surface area contributed by atoms with E-state index >= 15 is 0 Å². The van der Waals surface area contributed by atoms with Gasteiger partial charge in [-0.1, -0.05) is 80.4 Å². The van der Waals surface area contributed by atoms with Gasteiger partial charge in [-0.05, 0) is 40.5 Å². The van der Waals surface area contributed by atoms with E-state index in [9.17, 15) is 9.59 Å². The summed E-state index contributed by atoms with van der Waals surface area (Å²) in [4.78, 5) is 25.8. The minimum absolute atomic E-state index is 0.325. The smallest absolute Gasteiger partial charge is 0.329 e. The van der Waals surface area contributed by atoms with Gasteiger partial charge in [0.2, 0.25) is 0 Å². The van der Waals surface area contributed by atoms with Crippen LogP contribution in [0.15, 0.2) is 75.7 Å². The summed E-state index contributed by atoms with van der Waals surface area (Å²) in [6.45, 7) is 0. The van der Waals surface area contributed by atoms with Gasteiger partial charge in [-0.25, -0.2) is 4.79 Å². The van der Waals surface area contributed by atoms with Gasteiger partial charge < -0.3 is 10.1 Å². The van der Waals surface area contributed by atoms with Crippen molar-refractivity contribution in [2.45, 2.75) is 12.0 Å². The first-order valence-corrected chi connectivity index (χ1v) is 10.6. The Morgan fingerprint density at radius 1 is 0.897 bits per heavy atom. The lowest BCUT2D eigenvalue weighted by molar-refractivity contribution is -0.143. The van der Waals surface area contributed by atoms with Crippen LogP contribution < -0.4 is 5.32 Å². The second-order valence-electron chi connectivity index (χ2n) is 6.78. The van der Waals surface area contributed by atoms with Crippen LogP contribution in [-0.4, -0.2) is 25.0 Å². The third-order valence-corrected chi connectivity index (χ3v) is 6.00. The summed E-state index contributed by atoms with van der Waals surface area (Å²) in [7, 11) is 1.34. The number of esters is 1. The molecule has 0 saturated carbocycles. The molecule has 1 atom stereocenters. The normalized spacial score (nSPS) is 13.3. The van der Waals surface area contributed by atoms with Crippen molar-refractivity contribution >= 4 is 43.7 Å². The Morgan fingerprint density at radius 2 is 1.41 bits per heavy atom. The summed E-state index contributed by atoms with van der Waals surface area (Å²) in [5, 5.41) is 2.91. The number of rotatable bonds is 4. The van der Waals surface area contributed by atoms with Crippen LogP contribution in [0.3, 0.4) is 0 Å². The van der Waals surface area contributed by atoms with E-state index < -0.39 is 12.0 Å². The molecule has 0 saturated heterocycles. The van der Waals surface area contributed by atoms with Gasteiger partial charge in [0.15, 0.2) is 0 Å². The Morgan fingerprint density at radius 3 is 1.93 bits per heavy atom. The van der Waals surface area contributed by atoms with Crippen LogP contribution in [0.4, 0.5) is 0 Å². The lowest BCUT2D eigenvalue weighted by Gasteiger charge is -2.24. The van der Waals surface area contributed by atoms with Crippen LogP contribution in [-0.2, 0) is 9.53 Å². The predicted octanol–water partition coefficient (Wildman–Crippen LogP) is 5.30. The van der Waals surface area contributed by atoms with Crippen LogP contribution in [0.1, 0.15) is 27.4 Å². The second kappa shape index (κ2) is 8.13. The molecule has 1 aliphatic rings. The lowest BCUT2D eigenvalue weighted by Crippen LogP contribution is -2.45. The highest BCUT2D eigenvalue weighted by molar-refractivity contribution is 9.11. The van der Waals surface area contributed by atoms with Gasteiger partial charge in [-0.2, -0.15) is 0 Å². The molecule has 3 aromatic carbocycles. The van der Waals surface area contributed by atoms with Crippen molar-refractivity contribution in [3.8, 4) is 11.1 Å². The Kier molecular flexibility index (Phi) is 5.56. The zero-order valence-corrected chi connectivity index (χ0v) is 18.7. The highest BCUT2D eigenvalue weighted by Gasteiger charge is 2.39. The van der Waals surface area contributed by atoms with Gasteiger partial charge in [0.05, 0.1) is 7.11 Å². The number of methoxy groups -OCH3 is 1. The third kappa shape index (κ3) is 3.74. The second-order valence-corrected chi connectivity index (χ2v) is 8.62. The number of fused-ring (bicyclic) bond motifs is 3. The summed E-state index contributed by atoms with van der Waals surface area (Å²) in [6.07, 6.45) is 0. The summed E-state index contributed by atoms with van der Waals surface area (Å²) in [5.74, 6) is -1.15. The number of carbonyl (C=O) groups excluding carboxylic acids is 2. The maximum Gasteiger partial charge on any atom is 0.329 e. The van der Waals surface area contributed by atoms with Crippen molar-refractivity contribution < 1.29 is 14.3 Å². The first kappa shape index (κ1) is 19.9. The number of benzene rings is 3. The average molecular weight is 515 g/mol. The highest BCUT2D eigenvalue weighted by atomic mass is 79.9. The molecule has 0 bridgehead atoms. The van der Waals surface area contributed by atoms with Crippen molar-refractivity contribution in [1.82, 2.24) is 5.32 Å². The SMILES string of the molecule is COC(=O)[C@H](NC(=O)c1cc(Br)cc(Br)c1)C1c2ccccc2-c2ccccc21. The Balaban J connectivity index is 1.76. The molecule has 146 valence electrons. The van der Waals surface area contributed by atoms with Crippen molar-refractivity contribution in [1.29, 1.82) is 0 Å². The van der Waals surface area contributed by atoms with Crippen LogP contribution >= 0.6 is 31.9 Å². The number of hydrogen-bond acceptors (Lipinski definition) is 3. The van der Waals surface area contributed by atoms with Crippen LogP contribution in [0, 0.1) is 0 Å². The van der Waals surface area contributed by atoms with E-state index in [1.165, 1.54) is 7.11 Å². The van der Waals surface area contributed by atoms with E-state index in [0.717, 1.165) is 31.2 Å². The largest absolute Gasteiger partial charge is 0.467 e. The van der Waals surface area contributed by atoms with Crippen molar-refractivity contribution in [2.24, 2.45) is 0 Å². The number of hydrogen-bond donors (Lipinski definition) is 1. The predicted molar refractivity (Wildman–Crippen MR) is 119 cm³/mol. The molecule has 6 heteroatoms. The summed E-state index contributed by atoms with van der Waals surface area (Å²) >= 11 is 6.80. The van der Waals surface area contributed by atoms with Gasteiger partial charge in [0, 0.05) is 20.4 Å². The Bertz CT molecular complexity index is 1050. The first-order valence-electron chi connectivity index (χ1n) is 9.02. The van der Waals surface area contributed by atoms with Gasteiger partial charge in [0.1, 0.15) is 6.04 Å². The number of halogens is 2. The van der Waals surface area contributed by atoms with Gasteiger partial charge in [-0.15, -0.1) is 0 Å². The number of ether oxygens (including phenoxy) is 1. The van der Waals surface area contributed by atoms with Crippen molar-refractivity contribution in [2.75, 3.05) is 7.11 Å². The number of amides is 1. The van der Waals surface area contributed by atoms with Crippen LogP contribution in [0.5, 0.6) is 0 Å². The Labute approximate surface area is 185 Å². The molecule has 3 aromatic rings. The molecule has 0 radical (unpaired) electrons. The molecule has 4 nitrogen and oxygen atoms in total. The van der Waals surface area contributed by atoms with E-state index in [0.29, 0.717) is 5.56 Å². The molecule has 0 fully saturated rings. The van der Waals surface area contributed by atoms with E-state index in [4.69, 9.17) is 4.74 Å². The minimum Gasteiger partial charge on any atom is -0.467 e. The molecule has 1 N–H and O–H groups in total. The van der Waals surface area contributed by atoms with Crippen LogP contribution in [0.25, 0.3) is 11.1 Å². The summed E-state index contributed by atoms with van der Waals surface area (Å²) in [5.41, 5.74) is 4.59. The molecule has 0 aliphatic heterocycles. The minimum atomic E-state index is -0.852. The van der Waals surface area contributed by atoms with E-state index in [1.807, 2.05) is 54.6 Å². The molecule has 1 aliphatic carbocycles. The standard InChI is InChI=1S/C23H17Br2NO3/c1-29-23(28)21(26-22(27)13-10-14(24)12-15(25)11-13)20-18-8-4-2-6-16(18)17-7-3-5-9-19(17)20/h2-12,20-21H,1H3,(H,26,27)/t21-/m1/s1. The van der Waals surface area contributed by atoms with Crippen molar-refractivity contribution in [3.05, 3.63) is 92.4 Å². The van der Waals surface area contributed by atoms with Gasteiger partial charge >= 0.3 is 5.97 Å². The maximum atomic E-state index is 13.0. The Hall–Kier alpha value is -2.44. The van der Waals surface area contributed by atoms with Gasteiger partial charge in [-0.3, -0.25) is 4.79 Å². The van der Waals surface area contributed by atoms with Crippen LogP contribution in [0.2, 0.25) is 0 Å². The fourth-order valence-corrected chi connectivity index (χ4v) is 5.16. The topological polar surface area (TPSA) is 55.4 Å². The lowest BCUT2D eigenvalue weighted by atomic mass is 9.89. The van der Waals surface area contributed by atoms with Crippen molar-refractivity contribution in [3.63, 3.8) is 0 Å². The average Bonchev–Trinajstić information content (AvgIpc) is 3.05. The molecular weight excluding hydrogens is 498 g/mol. The third-order valence-electron chi connectivity index (χ3n) is 5.08. The number of carbonyl (C=O) groups is 2. The maximum absolute atomic E-state index is 13.0. The fourth-order valence-electron chi connectivity index (χ4n) is 3.87. The molecule has 1 amide bonds. The van der Waals surface area contributed by atoms with E-state index in [2.05, 4.69) is 37.2 Å². The number of nitrogens with one attached hydrogen (secondary N) is 1. The zero-order valence-electron chi connectivity index (χ0n) is 15.5. The molecule has 29 heavy (non-hydrogen) atoms. The highest BCUT2D eigenvalue weighted by Crippen LogP contribution is 2.46. The summed E-state index contributed by atoms with van der Waals surface area (Å²) < 4.78 is 6.60. The quantitative estimate of drug-likeness (QED) is 0.481. The zero-order chi connectivity index (χ0) is 20.5. The first-order chi connectivity index (χ1) is 14.0. The van der Waals surface area contributed by atoms with E-state index in [1.54, 1.807) is 12.1 Å². The molecule has 4 rings (SSSR count). The summed E-state index contributed by atoms with van der Waals surface area (Å²) in [6, 6.07) is 20.3.